The molecule has 1 aliphatic rings. The number of thiocarbonyl (C=S) groups is 1. The Labute approximate surface area is 156 Å². The molecule has 0 radical (unpaired) electrons. The predicted molar refractivity (Wildman–Crippen MR) is 98.8 cm³/mol. The summed E-state index contributed by atoms with van der Waals surface area (Å²) in [6.07, 6.45) is -0.120. The summed E-state index contributed by atoms with van der Waals surface area (Å²) >= 11 is 4.91. The Morgan fingerprint density at radius 3 is 2.73 bits per heavy atom. The summed E-state index contributed by atoms with van der Waals surface area (Å²) in [7, 11) is 0. The lowest BCUT2D eigenvalue weighted by atomic mass is 9.82. The number of amides is 1. The molecular formula is C18H20N2O5S. The number of carbonyl (C=O) groups excluding carboxylic acids is 3. The Morgan fingerprint density at radius 1 is 1.42 bits per heavy atom. The van der Waals surface area contributed by atoms with Gasteiger partial charge in [-0.2, -0.15) is 0 Å². The molecule has 1 amide bonds. The smallest absolute Gasteiger partial charge is 0.430 e. The van der Waals surface area contributed by atoms with E-state index < -0.39 is 24.2 Å². The van der Waals surface area contributed by atoms with Crippen LogP contribution >= 0.6 is 12.2 Å². The maximum Gasteiger partial charge on any atom is 0.508 e. The van der Waals surface area contributed by atoms with Crippen molar-refractivity contribution in [3.63, 3.8) is 0 Å². The molecule has 0 bridgehead atoms. The zero-order valence-corrected chi connectivity index (χ0v) is 15.1. The first-order valence-electron chi connectivity index (χ1n) is 8.01. The monoisotopic (exact) mass is 376 g/mol. The number of ketones is 1. The van der Waals surface area contributed by atoms with E-state index in [1.54, 1.807) is 31.2 Å². The van der Waals surface area contributed by atoms with Crippen molar-refractivity contribution in [2.45, 2.75) is 25.5 Å². The zero-order chi connectivity index (χ0) is 19.3. The van der Waals surface area contributed by atoms with Crippen molar-refractivity contribution in [1.29, 1.82) is 0 Å². The third-order valence-electron chi connectivity index (χ3n) is 4.05. The largest absolute Gasteiger partial charge is 0.508 e. The van der Waals surface area contributed by atoms with Crippen molar-refractivity contribution in [1.82, 2.24) is 5.32 Å². The maximum atomic E-state index is 12.5. The second kappa shape index (κ2) is 8.57. The number of nitrogens with one attached hydrogen (secondary N) is 1. The minimum atomic E-state index is -0.883. The molecule has 3 N–H and O–H groups in total. The summed E-state index contributed by atoms with van der Waals surface area (Å²) in [6, 6.07) is 6.27. The van der Waals surface area contributed by atoms with Gasteiger partial charge in [0.15, 0.2) is 5.78 Å². The summed E-state index contributed by atoms with van der Waals surface area (Å²) in [6.45, 7) is 5.03. The third kappa shape index (κ3) is 4.66. The number of Topliss-reactive ketones (excluding diaryl/α,β-unsaturated/α-hetero) is 1. The number of hydrogen-bond donors (Lipinski definition) is 2. The summed E-state index contributed by atoms with van der Waals surface area (Å²) in [5.74, 6) is -1.06. The van der Waals surface area contributed by atoms with Crippen molar-refractivity contribution in [3.05, 3.63) is 48.0 Å². The second-order valence-electron chi connectivity index (χ2n) is 5.89. The molecule has 1 aliphatic heterocycles. The molecule has 1 heterocycles. The van der Waals surface area contributed by atoms with Crippen molar-refractivity contribution >= 4 is 35.1 Å². The number of carbonyl (C=O) groups is 3. The molecule has 1 aromatic rings. The Balaban J connectivity index is 1.98. The van der Waals surface area contributed by atoms with Crippen molar-refractivity contribution in [2.75, 3.05) is 6.61 Å². The van der Waals surface area contributed by atoms with Gasteiger partial charge in [-0.05, 0) is 13.0 Å². The highest BCUT2D eigenvalue weighted by atomic mass is 32.1. The van der Waals surface area contributed by atoms with E-state index in [0.29, 0.717) is 11.1 Å². The van der Waals surface area contributed by atoms with Crippen molar-refractivity contribution in [3.8, 4) is 0 Å². The number of rotatable bonds is 8. The topological polar surface area (TPSA) is 108 Å². The van der Waals surface area contributed by atoms with E-state index in [-0.39, 0.29) is 29.7 Å². The van der Waals surface area contributed by atoms with Crippen LogP contribution in [0.2, 0.25) is 0 Å². The number of nitrogens with two attached hydrogens (primary N) is 1. The van der Waals surface area contributed by atoms with E-state index >= 15 is 0 Å². The average molecular weight is 376 g/mol. The van der Waals surface area contributed by atoms with Crippen LogP contribution in [0, 0.1) is 5.92 Å². The first kappa shape index (κ1) is 19.6. The van der Waals surface area contributed by atoms with Crippen LogP contribution < -0.4 is 11.1 Å². The van der Waals surface area contributed by atoms with Gasteiger partial charge < -0.3 is 20.5 Å². The first-order chi connectivity index (χ1) is 12.3. The summed E-state index contributed by atoms with van der Waals surface area (Å²) in [4.78, 5) is 36.0. The fourth-order valence-corrected chi connectivity index (χ4v) is 2.85. The highest BCUT2D eigenvalue weighted by Gasteiger charge is 2.45. The van der Waals surface area contributed by atoms with Crippen LogP contribution in [-0.4, -0.2) is 41.6 Å². The van der Waals surface area contributed by atoms with Gasteiger partial charge in [0.1, 0.15) is 17.7 Å². The lowest BCUT2D eigenvalue weighted by molar-refractivity contribution is -0.141. The van der Waals surface area contributed by atoms with Crippen LogP contribution in [0.5, 0.6) is 0 Å². The molecule has 138 valence electrons. The van der Waals surface area contributed by atoms with Gasteiger partial charge in [0.05, 0.1) is 12.0 Å². The molecule has 1 fully saturated rings. The van der Waals surface area contributed by atoms with Crippen molar-refractivity contribution in [2.24, 2.45) is 11.7 Å². The summed E-state index contributed by atoms with van der Waals surface area (Å²) in [5, 5.41) is 2.67. The molecule has 1 aromatic carbocycles. The Kier molecular flexibility index (Phi) is 6.46. The molecule has 0 spiro atoms. The molecule has 0 aliphatic carbocycles. The molecule has 8 heteroatoms. The Hall–Kier alpha value is -2.74. The van der Waals surface area contributed by atoms with Crippen LogP contribution in [-0.2, 0) is 14.3 Å². The van der Waals surface area contributed by atoms with E-state index in [4.69, 9.17) is 27.4 Å². The normalized spacial score (nSPS) is 19.5. The van der Waals surface area contributed by atoms with Crippen LogP contribution in [0.1, 0.15) is 29.3 Å². The molecule has 3 atom stereocenters. The number of β-lactam (4-membered cyclic amide) rings is 1. The molecule has 0 saturated carbocycles. The average Bonchev–Trinajstić information content (AvgIpc) is 2.59. The number of ether oxygens (including phenoxy) is 2. The van der Waals surface area contributed by atoms with Crippen LogP contribution in [0.4, 0.5) is 4.79 Å². The molecule has 0 aromatic heterocycles. The minimum Gasteiger partial charge on any atom is -0.430 e. The highest BCUT2D eigenvalue weighted by molar-refractivity contribution is 7.80. The van der Waals surface area contributed by atoms with Crippen LogP contribution in [0.25, 0.3) is 0 Å². The van der Waals surface area contributed by atoms with Gasteiger partial charge in [0.25, 0.3) is 0 Å². The van der Waals surface area contributed by atoms with Crippen LogP contribution in [0.15, 0.2) is 36.9 Å². The van der Waals surface area contributed by atoms with E-state index in [9.17, 15) is 14.4 Å². The summed E-state index contributed by atoms with van der Waals surface area (Å²) < 4.78 is 9.82. The van der Waals surface area contributed by atoms with Gasteiger partial charge in [-0.1, -0.05) is 43.1 Å². The fourth-order valence-electron chi connectivity index (χ4n) is 2.72. The molecular weight excluding hydrogens is 356 g/mol. The molecule has 1 saturated heterocycles. The maximum absolute atomic E-state index is 12.5. The van der Waals surface area contributed by atoms with Gasteiger partial charge in [-0.15, -0.1) is 0 Å². The predicted octanol–water partition coefficient (Wildman–Crippen LogP) is 1.74. The quantitative estimate of drug-likeness (QED) is 0.234. The van der Waals surface area contributed by atoms with E-state index in [2.05, 4.69) is 11.9 Å². The number of hydrogen-bond acceptors (Lipinski definition) is 6. The molecule has 7 nitrogen and oxygen atoms in total. The first-order valence-corrected chi connectivity index (χ1v) is 8.42. The minimum absolute atomic E-state index is 0.0175. The SMILES string of the molecule is C=CCOC(=O)O[C@H](C)[C@H]1C(=O)N[C@@H]1CC(=O)c1cccc(C(N)=S)c1. The highest BCUT2D eigenvalue weighted by Crippen LogP contribution is 2.25. The van der Waals surface area contributed by atoms with Crippen LogP contribution in [0.3, 0.4) is 0 Å². The van der Waals surface area contributed by atoms with Gasteiger partial charge in [-0.3, -0.25) is 9.59 Å². The molecule has 2 rings (SSSR count). The van der Waals surface area contributed by atoms with Crippen molar-refractivity contribution < 1.29 is 23.9 Å². The van der Waals surface area contributed by atoms with E-state index in [0.717, 1.165) is 0 Å². The second-order valence-corrected chi connectivity index (χ2v) is 6.33. The van der Waals surface area contributed by atoms with Gasteiger partial charge in [0, 0.05) is 17.5 Å². The van der Waals surface area contributed by atoms with E-state index in [1.807, 2.05) is 0 Å². The third-order valence-corrected chi connectivity index (χ3v) is 4.28. The fraction of sp³-hybridized carbons (Fsp3) is 0.333. The lowest BCUT2D eigenvalue weighted by Gasteiger charge is -2.39. The van der Waals surface area contributed by atoms with Gasteiger partial charge >= 0.3 is 6.16 Å². The van der Waals surface area contributed by atoms with Gasteiger partial charge in [-0.25, -0.2) is 4.79 Å². The number of benzene rings is 1. The Bertz CT molecular complexity index is 749. The van der Waals surface area contributed by atoms with Gasteiger partial charge in [0.2, 0.25) is 5.91 Å². The Morgan fingerprint density at radius 2 is 2.12 bits per heavy atom. The lowest BCUT2D eigenvalue weighted by Crippen LogP contribution is -2.63. The van der Waals surface area contributed by atoms with E-state index in [1.165, 1.54) is 6.08 Å². The zero-order valence-electron chi connectivity index (χ0n) is 14.3. The molecule has 0 unspecified atom stereocenters. The molecule has 26 heavy (non-hydrogen) atoms. The summed E-state index contributed by atoms with van der Waals surface area (Å²) in [5.41, 5.74) is 6.63. The standard InChI is InChI=1S/C18H20N2O5S/c1-3-7-24-18(23)25-10(2)15-13(20-17(15)22)9-14(21)11-5-4-6-12(8-11)16(19)26/h3-6,8,10,13,15H,1,7,9H2,2H3,(H2,19,26)(H,20,22)/t10-,13-,15-/m1/s1.